The van der Waals surface area contributed by atoms with Crippen molar-refractivity contribution in [1.29, 1.82) is 0 Å². The van der Waals surface area contributed by atoms with Crippen LogP contribution in [0.25, 0.3) is 17.0 Å². The van der Waals surface area contributed by atoms with Gasteiger partial charge in [0.2, 0.25) is 0 Å². The van der Waals surface area contributed by atoms with Gasteiger partial charge in [-0.1, -0.05) is 11.6 Å². The molecule has 6 heteroatoms. The summed E-state index contributed by atoms with van der Waals surface area (Å²) in [7, 11) is 3.17. The standard InChI is InChI=1S/C26H20ClNO4/c1-30-21-9-12-25(31-2)18(15-21)5-11-24(29)17-3-7-20(8-4-17)32-26-13-14-28-23-16-19(27)6-10-22(23)26/h3-16H,1-2H3/b11-5+. The Morgan fingerprint density at radius 1 is 0.875 bits per heavy atom. The van der Waals surface area contributed by atoms with Gasteiger partial charge in [-0.25, -0.2) is 0 Å². The predicted octanol–water partition coefficient (Wildman–Crippen LogP) is 6.59. The lowest BCUT2D eigenvalue weighted by atomic mass is 10.1. The summed E-state index contributed by atoms with van der Waals surface area (Å²) >= 11 is 6.04. The van der Waals surface area contributed by atoms with E-state index in [-0.39, 0.29) is 5.78 Å². The number of hydrogen-bond donors (Lipinski definition) is 0. The zero-order valence-corrected chi connectivity index (χ0v) is 18.3. The maximum Gasteiger partial charge on any atom is 0.185 e. The van der Waals surface area contributed by atoms with Crippen LogP contribution < -0.4 is 14.2 Å². The van der Waals surface area contributed by atoms with Crippen molar-refractivity contribution >= 4 is 34.4 Å². The molecule has 0 N–H and O–H groups in total. The number of rotatable bonds is 7. The fraction of sp³-hybridized carbons (Fsp3) is 0.0769. The Hall–Kier alpha value is -3.83. The molecule has 4 aromatic rings. The molecular formula is C26H20ClNO4. The Morgan fingerprint density at radius 2 is 1.66 bits per heavy atom. The first-order valence-electron chi connectivity index (χ1n) is 9.84. The smallest absolute Gasteiger partial charge is 0.185 e. The van der Waals surface area contributed by atoms with Crippen LogP contribution >= 0.6 is 11.6 Å². The maximum atomic E-state index is 12.6. The minimum Gasteiger partial charge on any atom is -0.497 e. The zero-order valence-electron chi connectivity index (χ0n) is 17.5. The number of ether oxygens (including phenoxy) is 3. The summed E-state index contributed by atoms with van der Waals surface area (Å²) in [5, 5.41) is 1.47. The van der Waals surface area contributed by atoms with Crippen molar-refractivity contribution in [1.82, 2.24) is 4.98 Å². The van der Waals surface area contributed by atoms with E-state index in [0.717, 1.165) is 16.5 Å². The third kappa shape index (κ3) is 4.74. The van der Waals surface area contributed by atoms with Gasteiger partial charge in [-0.2, -0.15) is 0 Å². The lowest BCUT2D eigenvalue weighted by molar-refractivity contribution is 0.104. The second kappa shape index (κ2) is 9.54. The summed E-state index contributed by atoms with van der Waals surface area (Å²) in [6, 6.07) is 19.6. The van der Waals surface area contributed by atoms with Crippen molar-refractivity contribution in [2.24, 2.45) is 0 Å². The largest absolute Gasteiger partial charge is 0.497 e. The third-order valence-corrected chi connectivity index (χ3v) is 5.12. The topological polar surface area (TPSA) is 57.7 Å². The lowest BCUT2D eigenvalue weighted by Crippen LogP contribution is -1.95. The molecule has 0 saturated heterocycles. The van der Waals surface area contributed by atoms with Crippen LogP contribution in [-0.2, 0) is 0 Å². The van der Waals surface area contributed by atoms with Crippen LogP contribution in [0.1, 0.15) is 15.9 Å². The van der Waals surface area contributed by atoms with Crippen molar-refractivity contribution < 1.29 is 19.0 Å². The highest BCUT2D eigenvalue weighted by Gasteiger charge is 2.08. The number of carbonyl (C=O) groups is 1. The molecule has 160 valence electrons. The van der Waals surface area contributed by atoms with E-state index in [1.165, 1.54) is 6.08 Å². The number of benzene rings is 3. The van der Waals surface area contributed by atoms with E-state index in [2.05, 4.69) is 4.98 Å². The maximum absolute atomic E-state index is 12.6. The first kappa shape index (κ1) is 21.4. The molecule has 1 heterocycles. The molecule has 5 nitrogen and oxygen atoms in total. The Morgan fingerprint density at radius 3 is 2.41 bits per heavy atom. The lowest BCUT2D eigenvalue weighted by Gasteiger charge is -2.09. The van der Waals surface area contributed by atoms with Gasteiger partial charge < -0.3 is 14.2 Å². The average molecular weight is 446 g/mol. The molecule has 4 rings (SSSR count). The number of ketones is 1. The number of methoxy groups -OCH3 is 2. The van der Waals surface area contributed by atoms with Crippen molar-refractivity contribution in [3.05, 3.63) is 95.2 Å². The van der Waals surface area contributed by atoms with Crippen LogP contribution in [0, 0.1) is 0 Å². The number of carbonyl (C=O) groups excluding carboxylic acids is 1. The molecule has 0 saturated carbocycles. The number of halogens is 1. The highest BCUT2D eigenvalue weighted by atomic mass is 35.5. The quantitative estimate of drug-likeness (QED) is 0.237. The SMILES string of the molecule is COc1ccc(OC)c(/C=C/C(=O)c2ccc(Oc3ccnc4cc(Cl)ccc34)cc2)c1. The van der Waals surface area contributed by atoms with E-state index in [4.69, 9.17) is 25.8 Å². The summed E-state index contributed by atoms with van der Waals surface area (Å²) in [6.45, 7) is 0. The number of pyridine rings is 1. The molecule has 0 aliphatic rings. The van der Waals surface area contributed by atoms with Gasteiger partial charge in [-0.15, -0.1) is 0 Å². The summed E-state index contributed by atoms with van der Waals surface area (Å²) in [6.07, 6.45) is 4.89. The van der Waals surface area contributed by atoms with Crippen LogP contribution in [0.3, 0.4) is 0 Å². The van der Waals surface area contributed by atoms with Gasteiger partial charge in [0.15, 0.2) is 5.78 Å². The second-order valence-electron chi connectivity index (χ2n) is 6.90. The minimum absolute atomic E-state index is 0.134. The molecule has 0 radical (unpaired) electrons. The summed E-state index contributed by atoms with van der Waals surface area (Å²) < 4.78 is 16.6. The van der Waals surface area contributed by atoms with Crippen LogP contribution in [0.5, 0.6) is 23.0 Å². The summed E-state index contributed by atoms with van der Waals surface area (Å²) in [5.41, 5.74) is 2.05. The van der Waals surface area contributed by atoms with Crippen molar-refractivity contribution in [2.75, 3.05) is 14.2 Å². The highest BCUT2D eigenvalue weighted by molar-refractivity contribution is 6.31. The molecular weight excluding hydrogens is 426 g/mol. The van der Waals surface area contributed by atoms with Gasteiger partial charge in [0.1, 0.15) is 23.0 Å². The van der Waals surface area contributed by atoms with Gasteiger partial charge in [0.25, 0.3) is 0 Å². The molecule has 32 heavy (non-hydrogen) atoms. The molecule has 0 bridgehead atoms. The number of hydrogen-bond acceptors (Lipinski definition) is 5. The number of nitrogens with zero attached hydrogens (tertiary/aromatic N) is 1. The predicted molar refractivity (Wildman–Crippen MR) is 126 cm³/mol. The first-order chi connectivity index (χ1) is 15.6. The molecule has 0 aliphatic heterocycles. The third-order valence-electron chi connectivity index (χ3n) is 4.88. The monoisotopic (exact) mass is 445 g/mol. The molecule has 0 fully saturated rings. The van der Waals surface area contributed by atoms with Gasteiger partial charge in [-0.3, -0.25) is 9.78 Å². The summed E-state index contributed by atoms with van der Waals surface area (Å²) in [4.78, 5) is 16.9. The van der Waals surface area contributed by atoms with Crippen LogP contribution in [-0.4, -0.2) is 25.0 Å². The summed E-state index contributed by atoms with van der Waals surface area (Å²) in [5.74, 6) is 2.48. The van der Waals surface area contributed by atoms with Crippen LogP contribution in [0.4, 0.5) is 0 Å². The van der Waals surface area contributed by atoms with E-state index < -0.39 is 0 Å². The van der Waals surface area contributed by atoms with E-state index in [1.807, 2.05) is 12.1 Å². The van der Waals surface area contributed by atoms with E-state index >= 15 is 0 Å². The molecule has 0 amide bonds. The first-order valence-corrected chi connectivity index (χ1v) is 10.2. The molecule has 1 aromatic heterocycles. The average Bonchev–Trinajstić information content (AvgIpc) is 2.82. The van der Waals surface area contributed by atoms with E-state index in [0.29, 0.717) is 33.6 Å². The normalized spacial score (nSPS) is 11.0. The van der Waals surface area contributed by atoms with Crippen LogP contribution in [0.2, 0.25) is 5.02 Å². The van der Waals surface area contributed by atoms with Gasteiger partial charge in [0, 0.05) is 27.7 Å². The van der Waals surface area contributed by atoms with E-state index in [9.17, 15) is 4.79 Å². The Balaban J connectivity index is 1.51. The molecule has 3 aromatic carbocycles. The van der Waals surface area contributed by atoms with Crippen LogP contribution in [0.15, 0.2) is 79.0 Å². The fourth-order valence-electron chi connectivity index (χ4n) is 3.23. The molecule has 0 atom stereocenters. The van der Waals surface area contributed by atoms with Crippen molar-refractivity contribution in [3.8, 4) is 23.0 Å². The minimum atomic E-state index is -0.134. The second-order valence-corrected chi connectivity index (χ2v) is 7.34. The Bertz CT molecular complexity index is 1300. The van der Waals surface area contributed by atoms with Gasteiger partial charge in [-0.05, 0) is 78.9 Å². The Labute approximate surface area is 190 Å². The van der Waals surface area contributed by atoms with Crippen molar-refractivity contribution in [2.45, 2.75) is 0 Å². The Kier molecular flexibility index (Phi) is 6.38. The highest BCUT2D eigenvalue weighted by Crippen LogP contribution is 2.30. The zero-order chi connectivity index (χ0) is 22.5. The van der Waals surface area contributed by atoms with Gasteiger partial charge in [0.05, 0.1) is 19.7 Å². The van der Waals surface area contributed by atoms with E-state index in [1.54, 1.807) is 81.1 Å². The van der Waals surface area contributed by atoms with Gasteiger partial charge >= 0.3 is 0 Å². The fourth-order valence-corrected chi connectivity index (χ4v) is 3.40. The number of aromatic nitrogens is 1. The molecule has 0 unspecified atom stereocenters. The van der Waals surface area contributed by atoms with Crippen molar-refractivity contribution in [3.63, 3.8) is 0 Å². The molecule has 0 aliphatic carbocycles. The molecule has 0 spiro atoms. The number of fused-ring (bicyclic) bond motifs is 1. The number of allylic oxidation sites excluding steroid dienone is 1.